The summed E-state index contributed by atoms with van der Waals surface area (Å²) >= 11 is 0. The van der Waals surface area contributed by atoms with Gasteiger partial charge in [0.1, 0.15) is 4.90 Å². The van der Waals surface area contributed by atoms with Crippen molar-refractivity contribution in [1.29, 1.82) is 0 Å². The summed E-state index contributed by atoms with van der Waals surface area (Å²) in [5, 5.41) is 8.46. The van der Waals surface area contributed by atoms with Crippen molar-refractivity contribution in [3.8, 4) is 0 Å². The molecule has 0 bridgehead atoms. The lowest BCUT2D eigenvalue weighted by molar-refractivity contribution is 0.464. The van der Waals surface area contributed by atoms with E-state index in [2.05, 4.69) is 10.2 Å². The van der Waals surface area contributed by atoms with Crippen molar-refractivity contribution in [3.63, 3.8) is 0 Å². The minimum absolute atomic E-state index is 0.290. The van der Waals surface area contributed by atoms with Crippen molar-refractivity contribution in [2.24, 2.45) is 7.05 Å². The van der Waals surface area contributed by atoms with Gasteiger partial charge in [0.2, 0.25) is 10.0 Å². The SMILES string of the molecule is CCn1ncc(CN(C)S(=O)(=O)c2c(C)nn(C)c2C)c1C. The molecule has 8 heteroatoms. The molecule has 0 amide bonds. The van der Waals surface area contributed by atoms with Gasteiger partial charge in [-0.1, -0.05) is 0 Å². The third-order valence-corrected chi connectivity index (χ3v) is 6.06. The Labute approximate surface area is 131 Å². The second-order valence-corrected chi connectivity index (χ2v) is 7.44. The first-order valence-electron chi connectivity index (χ1n) is 7.18. The topological polar surface area (TPSA) is 73.0 Å². The van der Waals surface area contributed by atoms with Crippen LogP contribution in [0.4, 0.5) is 0 Å². The monoisotopic (exact) mass is 325 g/mol. The average molecular weight is 325 g/mol. The van der Waals surface area contributed by atoms with Crippen LogP contribution in [0.1, 0.15) is 29.6 Å². The summed E-state index contributed by atoms with van der Waals surface area (Å²) in [6.07, 6.45) is 1.73. The van der Waals surface area contributed by atoms with E-state index in [4.69, 9.17) is 0 Å². The van der Waals surface area contributed by atoms with E-state index in [0.717, 1.165) is 17.8 Å². The molecule has 2 heterocycles. The second-order valence-electron chi connectivity index (χ2n) is 5.46. The van der Waals surface area contributed by atoms with Gasteiger partial charge in [0.15, 0.2) is 0 Å². The van der Waals surface area contributed by atoms with Crippen LogP contribution in [0.2, 0.25) is 0 Å². The van der Waals surface area contributed by atoms with E-state index in [1.807, 2.05) is 18.5 Å². The fourth-order valence-corrected chi connectivity index (χ4v) is 4.11. The highest BCUT2D eigenvalue weighted by atomic mass is 32.2. The lowest BCUT2D eigenvalue weighted by Crippen LogP contribution is -2.27. The molecule has 0 radical (unpaired) electrons. The van der Waals surface area contributed by atoms with Crippen LogP contribution in [-0.2, 0) is 30.2 Å². The summed E-state index contributed by atoms with van der Waals surface area (Å²) < 4.78 is 30.5. The van der Waals surface area contributed by atoms with Gasteiger partial charge in [-0.05, 0) is 27.7 Å². The largest absolute Gasteiger partial charge is 0.271 e. The zero-order valence-electron chi connectivity index (χ0n) is 14.0. The van der Waals surface area contributed by atoms with Gasteiger partial charge in [0.25, 0.3) is 0 Å². The molecule has 0 aliphatic heterocycles. The van der Waals surface area contributed by atoms with E-state index in [0.29, 0.717) is 17.9 Å². The Morgan fingerprint density at radius 2 is 1.86 bits per heavy atom. The number of nitrogens with zero attached hydrogens (tertiary/aromatic N) is 5. The predicted octanol–water partition coefficient (Wildman–Crippen LogP) is 1.38. The molecule has 0 saturated heterocycles. The van der Waals surface area contributed by atoms with Crippen LogP contribution in [-0.4, -0.2) is 39.3 Å². The van der Waals surface area contributed by atoms with E-state index in [1.54, 1.807) is 38.8 Å². The Bertz CT molecular complexity index is 789. The smallest absolute Gasteiger partial charge is 0.246 e. The third-order valence-electron chi connectivity index (χ3n) is 4.01. The van der Waals surface area contributed by atoms with Gasteiger partial charge < -0.3 is 0 Å². The molecule has 0 fully saturated rings. The van der Waals surface area contributed by atoms with Crippen LogP contribution >= 0.6 is 0 Å². The van der Waals surface area contributed by atoms with Crippen molar-refractivity contribution < 1.29 is 8.42 Å². The molecule has 2 rings (SSSR count). The molecule has 2 aromatic rings. The molecule has 0 unspecified atom stereocenters. The van der Waals surface area contributed by atoms with E-state index in [-0.39, 0.29) is 4.90 Å². The van der Waals surface area contributed by atoms with Gasteiger partial charge in [-0.2, -0.15) is 14.5 Å². The van der Waals surface area contributed by atoms with Gasteiger partial charge in [-0.25, -0.2) is 8.42 Å². The standard InChI is InChI=1S/C14H23N5O2S/c1-7-19-11(3)13(8-15-19)9-17(5)22(20,21)14-10(2)16-18(6)12(14)4/h8H,7,9H2,1-6H3. The number of hydrogen-bond donors (Lipinski definition) is 0. The van der Waals surface area contributed by atoms with Gasteiger partial charge in [0, 0.05) is 38.4 Å². The molecule has 0 spiro atoms. The number of hydrogen-bond acceptors (Lipinski definition) is 4. The molecule has 122 valence electrons. The zero-order chi connectivity index (χ0) is 16.7. The molecule has 0 aromatic carbocycles. The Kier molecular flexibility index (Phi) is 4.44. The molecule has 22 heavy (non-hydrogen) atoms. The van der Waals surface area contributed by atoms with Crippen LogP contribution < -0.4 is 0 Å². The Hall–Kier alpha value is -1.67. The summed E-state index contributed by atoms with van der Waals surface area (Å²) in [4.78, 5) is 0.290. The molecule has 2 aromatic heterocycles. The maximum absolute atomic E-state index is 12.8. The van der Waals surface area contributed by atoms with Gasteiger partial charge in [0.05, 0.1) is 17.6 Å². The minimum Gasteiger partial charge on any atom is -0.271 e. The van der Waals surface area contributed by atoms with Gasteiger partial charge in [-0.15, -0.1) is 0 Å². The van der Waals surface area contributed by atoms with Crippen LogP contribution in [0.3, 0.4) is 0 Å². The van der Waals surface area contributed by atoms with Crippen LogP contribution in [0, 0.1) is 20.8 Å². The molecule has 0 N–H and O–H groups in total. The molecule has 0 atom stereocenters. The van der Waals surface area contributed by atoms with E-state index in [9.17, 15) is 8.42 Å². The number of aryl methyl sites for hydroxylation is 3. The maximum Gasteiger partial charge on any atom is 0.246 e. The van der Waals surface area contributed by atoms with Crippen LogP contribution in [0.25, 0.3) is 0 Å². The van der Waals surface area contributed by atoms with Crippen molar-refractivity contribution in [2.45, 2.75) is 45.7 Å². The highest BCUT2D eigenvalue weighted by Gasteiger charge is 2.28. The minimum atomic E-state index is -3.58. The Balaban J connectivity index is 2.35. The van der Waals surface area contributed by atoms with Crippen molar-refractivity contribution >= 4 is 10.0 Å². The van der Waals surface area contributed by atoms with E-state index >= 15 is 0 Å². The summed E-state index contributed by atoms with van der Waals surface area (Å²) in [5.74, 6) is 0. The molecular weight excluding hydrogens is 302 g/mol. The second kappa shape index (κ2) is 5.85. The van der Waals surface area contributed by atoms with Gasteiger partial charge >= 0.3 is 0 Å². The number of aromatic nitrogens is 4. The molecule has 0 aliphatic rings. The lowest BCUT2D eigenvalue weighted by atomic mass is 10.2. The summed E-state index contributed by atoms with van der Waals surface area (Å²) in [5.41, 5.74) is 3.06. The number of rotatable bonds is 5. The van der Waals surface area contributed by atoms with E-state index in [1.165, 1.54) is 4.31 Å². The maximum atomic E-state index is 12.8. The number of sulfonamides is 1. The van der Waals surface area contributed by atoms with Crippen molar-refractivity contribution in [2.75, 3.05) is 7.05 Å². The zero-order valence-corrected chi connectivity index (χ0v) is 14.8. The van der Waals surface area contributed by atoms with Crippen molar-refractivity contribution in [3.05, 3.63) is 28.8 Å². The van der Waals surface area contributed by atoms with Gasteiger partial charge in [-0.3, -0.25) is 9.36 Å². The van der Waals surface area contributed by atoms with Crippen LogP contribution in [0.5, 0.6) is 0 Å². The first kappa shape index (κ1) is 16.7. The summed E-state index contributed by atoms with van der Waals surface area (Å²) in [6, 6.07) is 0. The first-order valence-corrected chi connectivity index (χ1v) is 8.62. The normalized spacial score (nSPS) is 12.3. The first-order chi connectivity index (χ1) is 10.2. The average Bonchev–Trinajstić information content (AvgIpc) is 2.91. The predicted molar refractivity (Wildman–Crippen MR) is 84.0 cm³/mol. The molecule has 7 nitrogen and oxygen atoms in total. The third kappa shape index (κ3) is 2.68. The lowest BCUT2D eigenvalue weighted by Gasteiger charge is -2.17. The van der Waals surface area contributed by atoms with E-state index < -0.39 is 10.0 Å². The molecule has 0 saturated carbocycles. The Morgan fingerprint density at radius 3 is 2.32 bits per heavy atom. The van der Waals surface area contributed by atoms with Crippen LogP contribution in [0.15, 0.2) is 11.1 Å². The highest BCUT2D eigenvalue weighted by Crippen LogP contribution is 2.23. The van der Waals surface area contributed by atoms with Crippen molar-refractivity contribution in [1.82, 2.24) is 23.9 Å². The quantitative estimate of drug-likeness (QED) is 0.832. The molecule has 0 aliphatic carbocycles. The fourth-order valence-electron chi connectivity index (χ4n) is 2.57. The summed E-state index contributed by atoms with van der Waals surface area (Å²) in [7, 11) is -0.245. The summed E-state index contributed by atoms with van der Waals surface area (Å²) in [6.45, 7) is 8.50. The Morgan fingerprint density at radius 1 is 1.23 bits per heavy atom. The molecular formula is C14H23N5O2S. The highest BCUT2D eigenvalue weighted by molar-refractivity contribution is 7.89. The fraction of sp³-hybridized carbons (Fsp3) is 0.571.